The van der Waals surface area contributed by atoms with Crippen LogP contribution in [0.2, 0.25) is 0 Å². The molecule has 9 N–H and O–H groups in total. The van der Waals surface area contributed by atoms with Crippen LogP contribution in [0.3, 0.4) is 0 Å². The molecule has 0 radical (unpaired) electrons. The van der Waals surface area contributed by atoms with Crippen LogP contribution in [-0.2, 0) is 32.0 Å². The normalized spacial score (nSPS) is 14.3. The van der Waals surface area contributed by atoms with Crippen LogP contribution in [0.25, 0.3) is 0 Å². The van der Waals surface area contributed by atoms with E-state index in [2.05, 4.69) is 25.9 Å². The van der Waals surface area contributed by atoms with Crippen LogP contribution < -0.4 is 21.7 Å². The molecule has 0 saturated carbocycles. The molecule has 2 aromatic rings. The molecule has 0 aliphatic carbocycles. The van der Waals surface area contributed by atoms with Gasteiger partial charge in [-0.25, -0.2) is 9.78 Å². The second-order valence-electron chi connectivity index (χ2n) is 9.09. The van der Waals surface area contributed by atoms with E-state index in [1.807, 2.05) is 0 Å². The highest BCUT2D eigenvalue weighted by Crippen LogP contribution is 2.11. The molecule has 0 aliphatic heterocycles. The predicted octanol–water partition coefficient (Wildman–Crippen LogP) is -1.19. The Kier molecular flexibility index (Phi) is 11.0. The molecule has 13 nitrogen and oxygen atoms in total. The van der Waals surface area contributed by atoms with E-state index in [4.69, 9.17) is 5.73 Å². The van der Waals surface area contributed by atoms with Crippen molar-refractivity contribution in [2.45, 2.75) is 57.3 Å². The minimum absolute atomic E-state index is 0.0195. The van der Waals surface area contributed by atoms with E-state index < -0.39 is 54.5 Å². The first-order chi connectivity index (χ1) is 17.5. The number of amides is 3. The summed E-state index contributed by atoms with van der Waals surface area (Å²) in [7, 11) is 0. The van der Waals surface area contributed by atoms with Gasteiger partial charge in [0.15, 0.2) is 0 Å². The number of aliphatic carboxylic acids is 1. The number of carboxylic acids is 1. The van der Waals surface area contributed by atoms with Crippen LogP contribution in [0.15, 0.2) is 36.8 Å². The summed E-state index contributed by atoms with van der Waals surface area (Å²) in [6.07, 6.45) is 3.13. The van der Waals surface area contributed by atoms with E-state index in [1.54, 1.807) is 26.0 Å². The number of nitrogens with zero attached hydrogens (tertiary/aromatic N) is 1. The van der Waals surface area contributed by atoms with Crippen LogP contribution in [0.5, 0.6) is 5.75 Å². The number of phenols is 1. The molecule has 0 saturated heterocycles. The number of aromatic nitrogens is 2. The molecule has 0 bridgehead atoms. The van der Waals surface area contributed by atoms with Crippen LogP contribution in [0.4, 0.5) is 0 Å². The van der Waals surface area contributed by atoms with Gasteiger partial charge in [0.1, 0.15) is 23.9 Å². The summed E-state index contributed by atoms with van der Waals surface area (Å²) in [6.45, 7) is 2.79. The minimum Gasteiger partial charge on any atom is -0.508 e. The number of imidazole rings is 1. The number of aliphatic hydroxyl groups is 1. The third-order valence-electron chi connectivity index (χ3n) is 5.48. The Labute approximate surface area is 213 Å². The van der Waals surface area contributed by atoms with Gasteiger partial charge in [-0.2, -0.15) is 0 Å². The number of rotatable bonds is 14. The molecule has 4 atom stereocenters. The van der Waals surface area contributed by atoms with Gasteiger partial charge in [0.05, 0.1) is 19.0 Å². The molecule has 4 unspecified atom stereocenters. The molecule has 1 aromatic heterocycles. The van der Waals surface area contributed by atoms with Crippen molar-refractivity contribution in [3.63, 3.8) is 0 Å². The summed E-state index contributed by atoms with van der Waals surface area (Å²) in [4.78, 5) is 56.6. The van der Waals surface area contributed by atoms with E-state index in [9.17, 15) is 34.5 Å². The summed E-state index contributed by atoms with van der Waals surface area (Å²) in [5, 5.41) is 35.7. The predicted molar refractivity (Wildman–Crippen MR) is 132 cm³/mol. The Morgan fingerprint density at radius 2 is 1.54 bits per heavy atom. The largest absolute Gasteiger partial charge is 0.508 e. The average molecular weight is 519 g/mol. The van der Waals surface area contributed by atoms with E-state index in [0.717, 1.165) is 0 Å². The number of nitrogens with one attached hydrogen (secondary N) is 4. The fourth-order valence-corrected chi connectivity index (χ4v) is 3.51. The number of aromatic hydroxyl groups is 1. The zero-order valence-corrected chi connectivity index (χ0v) is 20.7. The number of H-pyrrole nitrogens is 1. The molecule has 0 fully saturated rings. The standard InChI is InChI=1S/C24H34N6O7/c1-13(2)7-19(24(36)37)29-23(35)20(11-31)30-22(34)18(9-15-10-26-12-27-15)28-21(33)17(25)8-14-3-5-16(32)6-4-14/h3-6,10,12-13,17-20,31-32H,7-9,11,25H2,1-2H3,(H,26,27)(H,28,33)(H,29,35)(H,30,34)(H,36,37). The molecule has 2 rings (SSSR count). The molecule has 13 heteroatoms. The number of nitrogens with two attached hydrogens (primary N) is 1. The van der Waals surface area contributed by atoms with Gasteiger partial charge in [0.2, 0.25) is 17.7 Å². The number of benzene rings is 1. The molecule has 1 heterocycles. The molecule has 3 amide bonds. The highest BCUT2D eigenvalue weighted by molar-refractivity contribution is 5.94. The maximum atomic E-state index is 13.1. The first-order valence-corrected chi connectivity index (χ1v) is 11.8. The Bertz CT molecular complexity index is 1040. The minimum atomic E-state index is -1.45. The Hall–Kier alpha value is -3.97. The first-order valence-electron chi connectivity index (χ1n) is 11.8. The van der Waals surface area contributed by atoms with E-state index in [-0.39, 0.29) is 30.9 Å². The second kappa shape index (κ2) is 13.9. The summed E-state index contributed by atoms with van der Waals surface area (Å²) in [6, 6.07) is 1.30. The number of phenolic OH excluding ortho intramolecular Hbond substituents is 1. The van der Waals surface area contributed by atoms with Crippen molar-refractivity contribution in [2.75, 3.05) is 6.61 Å². The van der Waals surface area contributed by atoms with Crippen LogP contribution in [-0.4, -0.2) is 79.8 Å². The maximum absolute atomic E-state index is 13.1. The van der Waals surface area contributed by atoms with Crippen molar-refractivity contribution in [1.29, 1.82) is 0 Å². The van der Waals surface area contributed by atoms with Crippen molar-refractivity contribution >= 4 is 23.7 Å². The number of hydrogen-bond acceptors (Lipinski definition) is 8. The van der Waals surface area contributed by atoms with Crippen molar-refractivity contribution < 1.29 is 34.5 Å². The molecular formula is C24H34N6O7. The van der Waals surface area contributed by atoms with Crippen molar-refractivity contribution in [1.82, 2.24) is 25.9 Å². The van der Waals surface area contributed by atoms with E-state index in [1.165, 1.54) is 24.7 Å². The lowest BCUT2D eigenvalue weighted by atomic mass is 10.0. The molecule has 1 aromatic carbocycles. The fraction of sp³-hybridized carbons (Fsp3) is 0.458. The fourth-order valence-electron chi connectivity index (χ4n) is 3.51. The lowest BCUT2D eigenvalue weighted by Gasteiger charge is -2.24. The number of carboxylic acid groups (broad SMARTS) is 1. The van der Waals surface area contributed by atoms with Gasteiger partial charge in [-0.3, -0.25) is 14.4 Å². The van der Waals surface area contributed by atoms with E-state index in [0.29, 0.717) is 11.3 Å². The van der Waals surface area contributed by atoms with Gasteiger partial charge >= 0.3 is 5.97 Å². The van der Waals surface area contributed by atoms with Crippen LogP contribution >= 0.6 is 0 Å². The molecule has 37 heavy (non-hydrogen) atoms. The third-order valence-corrected chi connectivity index (χ3v) is 5.48. The van der Waals surface area contributed by atoms with E-state index >= 15 is 0 Å². The Morgan fingerprint density at radius 3 is 2.08 bits per heavy atom. The molecule has 0 aliphatic rings. The lowest BCUT2D eigenvalue weighted by Crippen LogP contribution is -2.58. The average Bonchev–Trinajstić information content (AvgIpc) is 3.35. The summed E-state index contributed by atoms with van der Waals surface area (Å²) < 4.78 is 0. The summed E-state index contributed by atoms with van der Waals surface area (Å²) >= 11 is 0. The highest BCUT2D eigenvalue weighted by Gasteiger charge is 2.30. The second-order valence-corrected chi connectivity index (χ2v) is 9.09. The monoisotopic (exact) mass is 518 g/mol. The number of aliphatic hydroxyl groups excluding tert-OH is 1. The third kappa shape index (κ3) is 9.54. The van der Waals surface area contributed by atoms with Gasteiger partial charge in [0, 0.05) is 18.3 Å². The van der Waals surface area contributed by atoms with Gasteiger partial charge < -0.3 is 42.0 Å². The topological polar surface area (TPSA) is 220 Å². The Morgan fingerprint density at radius 1 is 0.946 bits per heavy atom. The highest BCUT2D eigenvalue weighted by atomic mass is 16.4. The quantitative estimate of drug-likeness (QED) is 0.150. The lowest BCUT2D eigenvalue weighted by molar-refractivity contribution is -0.143. The van der Waals surface area contributed by atoms with Gasteiger partial charge in [-0.05, 0) is 36.5 Å². The van der Waals surface area contributed by atoms with Crippen LogP contribution in [0.1, 0.15) is 31.5 Å². The van der Waals surface area contributed by atoms with Crippen molar-refractivity contribution in [2.24, 2.45) is 11.7 Å². The molecule has 0 spiro atoms. The summed E-state index contributed by atoms with van der Waals surface area (Å²) in [5.74, 6) is -3.50. The number of hydrogen-bond donors (Lipinski definition) is 8. The molecular weight excluding hydrogens is 484 g/mol. The number of carbonyl (C=O) groups is 4. The number of aromatic amines is 1. The summed E-state index contributed by atoms with van der Waals surface area (Å²) in [5.41, 5.74) is 7.23. The Balaban J connectivity index is 2.10. The van der Waals surface area contributed by atoms with Gasteiger partial charge in [-0.1, -0.05) is 26.0 Å². The molecule has 202 valence electrons. The van der Waals surface area contributed by atoms with Crippen molar-refractivity contribution in [3.8, 4) is 5.75 Å². The zero-order chi connectivity index (χ0) is 27.5. The van der Waals surface area contributed by atoms with Crippen LogP contribution in [0, 0.1) is 5.92 Å². The number of carbonyl (C=O) groups excluding carboxylic acids is 3. The first kappa shape index (κ1) is 29.3. The van der Waals surface area contributed by atoms with Gasteiger partial charge in [-0.15, -0.1) is 0 Å². The maximum Gasteiger partial charge on any atom is 0.326 e. The smallest absolute Gasteiger partial charge is 0.326 e. The SMILES string of the molecule is CC(C)CC(NC(=O)C(CO)NC(=O)C(Cc1cnc[nH]1)NC(=O)C(N)Cc1ccc(O)cc1)C(=O)O. The van der Waals surface area contributed by atoms with Gasteiger partial charge in [0.25, 0.3) is 0 Å². The van der Waals surface area contributed by atoms with Crippen molar-refractivity contribution in [3.05, 3.63) is 48.0 Å². The zero-order valence-electron chi connectivity index (χ0n) is 20.7.